The zero-order valence-electron chi connectivity index (χ0n) is 12.6. The zero-order valence-corrected chi connectivity index (χ0v) is 12.6. The third-order valence-corrected chi connectivity index (χ3v) is 3.04. The van der Waals surface area contributed by atoms with E-state index >= 15 is 0 Å². The van der Waals surface area contributed by atoms with Gasteiger partial charge in [-0.15, -0.1) is 0 Å². The third kappa shape index (κ3) is 7.38. The summed E-state index contributed by atoms with van der Waals surface area (Å²) in [5, 5.41) is 6.39. The van der Waals surface area contributed by atoms with Gasteiger partial charge in [0.15, 0.2) is 0 Å². The average molecular weight is 272 g/mol. The van der Waals surface area contributed by atoms with Gasteiger partial charge in [-0.3, -0.25) is 0 Å². The van der Waals surface area contributed by atoms with Crippen LogP contribution in [0.25, 0.3) is 0 Å². The van der Waals surface area contributed by atoms with E-state index < -0.39 is 5.60 Å². The van der Waals surface area contributed by atoms with Crippen molar-refractivity contribution >= 4 is 6.09 Å². The molecule has 1 aliphatic carbocycles. The minimum atomic E-state index is -0.433. The molecule has 0 radical (unpaired) electrons. The SMILES string of the molecule is CCOCCNC1CCC(NC(=O)OC(C)(C)C)C1. The first-order chi connectivity index (χ1) is 8.90. The Morgan fingerprint density at radius 1 is 1.26 bits per heavy atom. The molecular formula is C14H28N2O3. The van der Waals surface area contributed by atoms with Gasteiger partial charge in [0.2, 0.25) is 0 Å². The quantitative estimate of drug-likeness (QED) is 0.727. The van der Waals surface area contributed by atoms with E-state index in [4.69, 9.17) is 9.47 Å². The first-order valence-electron chi connectivity index (χ1n) is 7.21. The molecule has 5 heteroatoms. The molecule has 2 unspecified atom stereocenters. The molecular weight excluding hydrogens is 244 g/mol. The number of carbonyl (C=O) groups is 1. The van der Waals surface area contributed by atoms with Crippen LogP contribution < -0.4 is 10.6 Å². The number of hydrogen-bond donors (Lipinski definition) is 2. The number of amides is 1. The van der Waals surface area contributed by atoms with Crippen LogP contribution in [0.5, 0.6) is 0 Å². The fraction of sp³-hybridized carbons (Fsp3) is 0.929. The van der Waals surface area contributed by atoms with E-state index in [1.807, 2.05) is 27.7 Å². The van der Waals surface area contributed by atoms with E-state index in [-0.39, 0.29) is 12.1 Å². The van der Waals surface area contributed by atoms with Crippen LogP contribution in [0.2, 0.25) is 0 Å². The summed E-state index contributed by atoms with van der Waals surface area (Å²) < 4.78 is 10.5. The Kier molecular flexibility index (Phi) is 6.58. The molecule has 19 heavy (non-hydrogen) atoms. The second-order valence-corrected chi connectivity index (χ2v) is 6.00. The normalized spacial score (nSPS) is 23.4. The molecule has 0 aliphatic heterocycles. The maximum absolute atomic E-state index is 11.6. The van der Waals surface area contributed by atoms with Crippen molar-refractivity contribution in [2.75, 3.05) is 19.8 Å². The third-order valence-electron chi connectivity index (χ3n) is 3.04. The number of nitrogens with one attached hydrogen (secondary N) is 2. The molecule has 2 atom stereocenters. The molecule has 0 heterocycles. The summed E-state index contributed by atoms with van der Waals surface area (Å²) in [6.45, 7) is 10.00. The number of carbonyl (C=O) groups excluding carboxylic acids is 1. The van der Waals surface area contributed by atoms with E-state index in [1.54, 1.807) is 0 Å². The van der Waals surface area contributed by atoms with E-state index in [9.17, 15) is 4.79 Å². The monoisotopic (exact) mass is 272 g/mol. The van der Waals surface area contributed by atoms with Crippen LogP contribution in [0.4, 0.5) is 4.79 Å². The largest absolute Gasteiger partial charge is 0.444 e. The molecule has 2 N–H and O–H groups in total. The van der Waals surface area contributed by atoms with Crippen molar-refractivity contribution in [1.29, 1.82) is 0 Å². The van der Waals surface area contributed by atoms with Crippen LogP contribution >= 0.6 is 0 Å². The van der Waals surface area contributed by atoms with Gasteiger partial charge in [-0.25, -0.2) is 4.79 Å². The molecule has 0 aromatic rings. The van der Waals surface area contributed by atoms with E-state index in [0.717, 1.165) is 39.0 Å². The van der Waals surface area contributed by atoms with Gasteiger partial charge < -0.3 is 20.1 Å². The second kappa shape index (κ2) is 7.70. The smallest absolute Gasteiger partial charge is 0.407 e. The molecule has 0 aromatic carbocycles. The Morgan fingerprint density at radius 2 is 1.95 bits per heavy atom. The van der Waals surface area contributed by atoms with Crippen molar-refractivity contribution in [3.63, 3.8) is 0 Å². The summed E-state index contributed by atoms with van der Waals surface area (Å²) in [4.78, 5) is 11.6. The minimum absolute atomic E-state index is 0.222. The van der Waals surface area contributed by atoms with Crippen LogP contribution in [-0.2, 0) is 9.47 Å². The molecule has 0 aromatic heterocycles. The lowest BCUT2D eigenvalue weighted by molar-refractivity contribution is 0.0505. The van der Waals surface area contributed by atoms with E-state index in [1.165, 1.54) is 0 Å². The highest BCUT2D eigenvalue weighted by Crippen LogP contribution is 2.19. The molecule has 112 valence electrons. The standard InChI is InChI=1S/C14H28N2O3/c1-5-18-9-8-15-11-6-7-12(10-11)16-13(17)19-14(2,3)4/h11-12,15H,5-10H2,1-4H3,(H,16,17). The first kappa shape index (κ1) is 16.2. The molecule has 5 nitrogen and oxygen atoms in total. The number of hydrogen-bond acceptors (Lipinski definition) is 4. The van der Waals surface area contributed by atoms with Gasteiger partial charge in [0.1, 0.15) is 5.60 Å². The summed E-state index contributed by atoms with van der Waals surface area (Å²) >= 11 is 0. The number of alkyl carbamates (subject to hydrolysis) is 1. The topological polar surface area (TPSA) is 59.6 Å². The summed E-state index contributed by atoms with van der Waals surface area (Å²) in [7, 11) is 0. The minimum Gasteiger partial charge on any atom is -0.444 e. The van der Waals surface area contributed by atoms with Crippen LogP contribution in [0, 0.1) is 0 Å². The van der Waals surface area contributed by atoms with Crippen LogP contribution in [0.1, 0.15) is 47.0 Å². The summed E-state index contributed by atoms with van der Waals surface area (Å²) in [5.74, 6) is 0. The van der Waals surface area contributed by atoms with E-state index in [2.05, 4.69) is 10.6 Å². The molecule has 1 saturated carbocycles. The van der Waals surface area contributed by atoms with Gasteiger partial charge in [-0.1, -0.05) is 0 Å². The molecule has 0 bridgehead atoms. The predicted octanol–water partition coefficient (Wildman–Crippen LogP) is 2.06. The molecule has 1 amide bonds. The summed E-state index contributed by atoms with van der Waals surface area (Å²) in [6.07, 6.45) is 2.75. The Morgan fingerprint density at radius 3 is 2.58 bits per heavy atom. The summed E-state index contributed by atoms with van der Waals surface area (Å²) in [5.41, 5.74) is -0.433. The van der Waals surface area contributed by atoms with Crippen molar-refractivity contribution in [3.05, 3.63) is 0 Å². The maximum Gasteiger partial charge on any atom is 0.407 e. The van der Waals surface area contributed by atoms with Crippen LogP contribution in [0.15, 0.2) is 0 Å². The van der Waals surface area contributed by atoms with Crippen molar-refractivity contribution in [1.82, 2.24) is 10.6 Å². The molecule has 0 saturated heterocycles. The summed E-state index contributed by atoms with van der Waals surface area (Å²) in [6, 6.07) is 0.694. The fourth-order valence-corrected chi connectivity index (χ4v) is 2.25. The predicted molar refractivity (Wildman–Crippen MR) is 75.3 cm³/mol. The second-order valence-electron chi connectivity index (χ2n) is 6.00. The zero-order chi connectivity index (χ0) is 14.3. The number of rotatable bonds is 6. The van der Waals surface area contributed by atoms with Gasteiger partial charge in [0, 0.05) is 25.2 Å². The number of ether oxygens (including phenoxy) is 2. The average Bonchev–Trinajstić information content (AvgIpc) is 2.69. The van der Waals surface area contributed by atoms with Gasteiger partial charge >= 0.3 is 6.09 Å². The molecule has 0 spiro atoms. The van der Waals surface area contributed by atoms with Crippen LogP contribution in [-0.4, -0.2) is 43.5 Å². The van der Waals surface area contributed by atoms with Crippen molar-refractivity contribution in [2.24, 2.45) is 0 Å². The van der Waals surface area contributed by atoms with Gasteiger partial charge in [-0.2, -0.15) is 0 Å². The fourth-order valence-electron chi connectivity index (χ4n) is 2.25. The molecule has 1 fully saturated rings. The molecule has 1 rings (SSSR count). The van der Waals surface area contributed by atoms with E-state index in [0.29, 0.717) is 6.04 Å². The highest BCUT2D eigenvalue weighted by molar-refractivity contribution is 5.68. The lowest BCUT2D eigenvalue weighted by Crippen LogP contribution is -2.39. The van der Waals surface area contributed by atoms with Gasteiger partial charge in [-0.05, 0) is 47.0 Å². The van der Waals surface area contributed by atoms with Crippen molar-refractivity contribution in [3.8, 4) is 0 Å². The molecule has 1 aliphatic rings. The lowest BCUT2D eigenvalue weighted by atomic mass is 10.2. The van der Waals surface area contributed by atoms with Gasteiger partial charge in [0.25, 0.3) is 0 Å². The Bertz CT molecular complexity index is 276. The Labute approximate surface area is 116 Å². The Hall–Kier alpha value is -0.810. The van der Waals surface area contributed by atoms with Gasteiger partial charge in [0.05, 0.1) is 6.61 Å². The van der Waals surface area contributed by atoms with Crippen molar-refractivity contribution < 1.29 is 14.3 Å². The highest BCUT2D eigenvalue weighted by atomic mass is 16.6. The first-order valence-corrected chi connectivity index (χ1v) is 7.21. The lowest BCUT2D eigenvalue weighted by Gasteiger charge is -2.21. The van der Waals surface area contributed by atoms with Crippen LogP contribution in [0.3, 0.4) is 0 Å². The Balaban J connectivity index is 2.16. The van der Waals surface area contributed by atoms with Crippen molar-refractivity contribution in [2.45, 2.75) is 64.6 Å². The highest BCUT2D eigenvalue weighted by Gasteiger charge is 2.27. The maximum atomic E-state index is 11.6.